The summed E-state index contributed by atoms with van der Waals surface area (Å²) in [5.74, 6) is 0. The molecule has 0 heterocycles. The zero-order valence-corrected chi connectivity index (χ0v) is 35.9. The van der Waals surface area contributed by atoms with E-state index in [0.717, 1.165) is 31.3 Å². The van der Waals surface area contributed by atoms with Crippen molar-refractivity contribution >= 4 is 87.5 Å². The Morgan fingerprint density at radius 3 is 0.405 bits per heavy atom. The van der Waals surface area contributed by atoms with Crippen LogP contribution in [0.25, 0.3) is 37.6 Å². The predicted octanol–water partition coefficient (Wildman–Crippen LogP) is 5.22. The minimum atomic E-state index is -1.93. The van der Waals surface area contributed by atoms with E-state index in [4.69, 9.17) is 26.6 Å². The number of hydrogen-bond donors (Lipinski definition) is 0. The smallest absolute Gasteiger partial charge is 0.241 e. The molecule has 0 atom stereocenters. The van der Waals surface area contributed by atoms with Gasteiger partial charge in [0.1, 0.15) is 0 Å². The van der Waals surface area contributed by atoms with Crippen LogP contribution in [0.15, 0.2) is 0 Å². The fraction of sp³-hybridized carbons (Fsp3) is 0.600. The van der Waals surface area contributed by atoms with E-state index in [9.17, 15) is 0 Å². The molecule has 42 heavy (non-hydrogen) atoms. The predicted molar refractivity (Wildman–Crippen MR) is 198 cm³/mol. The molecule has 0 radical (unpaired) electrons. The van der Waals surface area contributed by atoms with E-state index in [1.807, 2.05) is 37.6 Å². The molecule has 0 aliphatic rings. The molecule has 1 rings (SSSR count). The Balaban J connectivity index is 4.91. The molecule has 0 saturated carbocycles. The molecule has 0 saturated heterocycles. The van der Waals surface area contributed by atoms with E-state index in [1.54, 1.807) is 0 Å². The van der Waals surface area contributed by atoms with E-state index in [1.165, 1.54) is 0 Å². The van der Waals surface area contributed by atoms with Crippen LogP contribution in [0.5, 0.6) is 0 Å². The third-order valence-electron chi connectivity index (χ3n) is 4.92. The highest BCUT2D eigenvalue weighted by molar-refractivity contribution is 6.72. The minimum absolute atomic E-state index is 0.884. The first-order valence-corrected chi connectivity index (χ1v) is 35.3. The summed E-state index contributed by atoms with van der Waals surface area (Å²) in [6, 6.07) is 0. The first kappa shape index (κ1) is 38.6. The van der Waals surface area contributed by atoms with Crippen LogP contribution in [0.4, 0.5) is 0 Å². The lowest BCUT2D eigenvalue weighted by Gasteiger charge is -2.20. The Morgan fingerprint density at radius 1 is 0.238 bits per heavy atom. The topological polar surface area (TPSA) is 55.4 Å². The number of rotatable bonds is 12. The van der Waals surface area contributed by atoms with E-state index < -0.39 is 49.9 Å². The van der Waals surface area contributed by atoms with E-state index in [0.29, 0.717) is 0 Å². The second-order valence-corrected chi connectivity index (χ2v) is 43.3. The summed E-state index contributed by atoms with van der Waals surface area (Å²) in [7, 11) is -11.6. The highest BCUT2D eigenvalue weighted by atomic mass is 28.4. The molecule has 1 aromatic carbocycles. The van der Waals surface area contributed by atoms with Crippen LogP contribution in [0.3, 0.4) is 0 Å². The first-order chi connectivity index (χ1) is 18.6. The molecule has 0 bridgehead atoms. The molecule has 0 amide bonds. The van der Waals surface area contributed by atoms with Gasteiger partial charge in [0.15, 0.2) is 0 Å². The highest BCUT2D eigenvalue weighted by Crippen LogP contribution is 2.06. The SMILES string of the molecule is C[Si](C)(C)OC=c1c(=CO[Si](C)(C)C)c(=CO[Si](C)(C)C)c(=CO[Si](C)(C)C)c(=CO[Si](C)(C)C)c1=CO[Si](C)(C)C. The molecule has 12 heteroatoms. The fourth-order valence-electron chi connectivity index (χ4n) is 3.05. The molecule has 0 fully saturated rings. The van der Waals surface area contributed by atoms with Crippen LogP contribution in [-0.2, 0) is 26.6 Å². The van der Waals surface area contributed by atoms with Crippen LogP contribution in [0.2, 0.25) is 118 Å². The van der Waals surface area contributed by atoms with Gasteiger partial charge in [-0.1, -0.05) is 0 Å². The summed E-state index contributed by atoms with van der Waals surface area (Å²) < 4.78 is 38.8. The van der Waals surface area contributed by atoms with Gasteiger partial charge in [0.05, 0.1) is 37.6 Å². The molecule has 0 aliphatic heterocycles. The maximum Gasteiger partial charge on any atom is 0.241 e. The maximum atomic E-state index is 6.47. The van der Waals surface area contributed by atoms with Crippen molar-refractivity contribution in [2.45, 2.75) is 118 Å². The monoisotopic (exact) mass is 684 g/mol. The Bertz CT molecular complexity index is 1110. The normalized spacial score (nSPS) is 13.0. The zero-order chi connectivity index (χ0) is 32.9. The maximum absolute atomic E-state index is 6.47. The lowest BCUT2D eigenvalue weighted by atomic mass is 10.1. The second kappa shape index (κ2) is 14.1. The van der Waals surface area contributed by atoms with Crippen LogP contribution >= 0.6 is 0 Å². The van der Waals surface area contributed by atoms with Crippen molar-refractivity contribution in [3.63, 3.8) is 0 Å². The minimum Gasteiger partial charge on any atom is -0.549 e. The third-order valence-corrected chi connectivity index (χ3v) is 9.87. The molecular formula is C30H60O6Si6. The molecule has 6 nitrogen and oxygen atoms in total. The summed E-state index contributed by atoms with van der Waals surface area (Å²) in [5.41, 5.74) is 0. The van der Waals surface area contributed by atoms with E-state index >= 15 is 0 Å². The Kier molecular flexibility index (Phi) is 12.9. The van der Waals surface area contributed by atoms with Gasteiger partial charge in [0, 0.05) is 31.3 Å². The summed E-state index contributed by atoms with van der Waals surface area (Å²) in [6.07, 6.45) is 11.4. The largest absolute Gasteiger partial charge is 0.549 e. The number of benzene rings is 1. The van der Waals surface area contributed by atoms with E-state index in [-0.39, 0.29) is 0 Å². The summed E-state index contributed by atoms with van der Waals surface area (Å²) in [5, 5.41) is 5.31. The van der Waals surface area contributed by atoms with Crippen LogP contribution in [0, 0.1) is 0 Å². The zero-order valence-electron chi connectivity index (χ0n) is 29.9. The molecule has 0 aromatic heterocycles. The Hall–Kier alpha value is -1.46. The Labute approximate surface area is 262 Å². The molecule has 0 spiro atoms. The lowest BCUT2D eigenvalue weighted by Crippen LogP contribution is -2.66. The summed E-state index contributed by atoms with van der Waals surface area (Å²) in [6.45, 7) is 39.3. The van der Waals surface area contributed by atoms with Gasteiger partial charge in [-0.25, -0.2) is 0 Å². The van der Waals surface area contributed by atoms with E-state index in [2.05, 4.69) is 118 Å². The van der Waals surface area contributed by atoms with Crippen molar-refractivity contribution in [2.75, 3.05) is 0 Å². The van der Waals surface area contributed by atoms with Gasteiger partial charge in [-0.05, 0) is 118 Å². The van der Waals surface area contributed by atoms with Crippen molar-refractivity contribution in [2.24, 2.45) is 0 Å². The first-order valence-electron chi connectivity index (χ1n) is 14.9. The molecule has 0 unspecified atom stereocenters. The van der Waals surface area contributed by atoms with Crippen LogP contribution < -0.4 is 31.3 Å². The van der Waals surface area contributed by atoms with Gasteiger partial charge in [-0.2, -0.15) is 0 Å². The Morgan fingerprint density at radius 2 is 0.333 bits per heavy atom. The summed E-state index contributed by atoms with van der Waals surface area (Å²) >= 11 is 0. The van der Waals surface area contributed by atoms with Gasteiger partial charge >= 0.3 is 0 Å². The molecule has 240 valence electrons. The quantitative estimate of drug-likeness (QED) is 0.282. The molecule has 0 N–H and O–H groups in total. The highest BCUT2D eigenvalue weighted by Gasteiger charge is 2.20. The fourth-order valence-corrected chi connectivity index (χ4v) is 5.87. The summed E-state index contributed by atoms with van der Waals surface area (Å²) in [4.78, 5) is 0. The van der Waals surface area contributed by atoms with Crippen molar-refractivity contribution < 1.29 is 26.6 Å². The third kappa shape index (κ3) is 15.8. The average Bonchev–Trinajstić information content (AvgIpc) is 2.72. The van der Waals surface area contributed by atoms with Crippen LogP contribution in [-0.4, -0.2) is 49.9 Å². The number of hydrogen-bond acceptors (Lipinski definition) is 6. The van der Waals surface area contributed by atoms with Crippen molar-refractivity contribution in [1.82, 2.24) is 0 Å². The van der Waals surface area contributed by atoms with Crippen molar-refractivity contribution in [3.05, 3.63) is 31.3 Å². The lowest BCUT2D eigenvalue weighted by molar-refractivity contribution is 0.520. The molecule has 0 aliphatic carbocycles. The van der Waals surface area contributed by atoms with Crippen molar-refractivity contribution in [1.29, 1.82) is 0 Å². The van der Waals surface area contributed by atoms with Gasteiger partial charge in [0.2, 0.25) is 49.9 Å². The van der Waals surface area contributed by atoms with Gasteiger partial charge in [0.25, 0.3) is 0 Å². The molecular weight excluding hydrogens is 625 g/mol. The van der Waals surface area contributed by atoms with Gasteiger partial charge in [-0.3, -0.25) is 0 Å². The van der Waals surface area contributed by atoms with Crippen molar-refractivity contribution in [3.8, 4) is 0 Å². The average molecular weight is 685 g/mol. The molecule has 1 aromatic rings. The second-order valence-electron chi connectivity index (χ2n) is 16.6. The van der Waals surface area contributed by atoms with Crippen LogP contribution in [0.1, 0.15) is 0 Å². The standard InChI is InChI=1S/C30H60O6Si6/c1-37(2,3)31-19-25-26(20-32-38(4,5)6)28(22-34-40(10,11)12)30(24-36-42(16,17)18)29(23-35-41(13,14)15)27(25)21-33-39(7,8)9/h19-24H,1-18H3. The van der Waals surface area contributed by atoms with Gasteiger partial charge in [-0.15, -0.1) is 0 Å². The van der Waals surface area contributed by atoms with Gasteiger partial charge < -0.3 is 26.6 Å².